The quantitative estimate of drug-likeness (QED) is 0.869. The molecule has 0 spiro atoms. The molecule has 0 aliphatic carbocycles. The highest BCUT2D eigenvalue weighted by Gasteiger charge is 2.19. The largest absolute Gasteiger partial charge is 0.387 e. The molecular formula is C16H23FN2O. The third-order valence-corrected chi connectivity index (χ3v) is 2.92. The van der Waals surface area contributed by atoms with Crippen molar-refractivity contribution in [2.75, 3.05) is 19.6 Å². The van der Waals surface area contributed by atoms with Crippen molar-refractivity contribution in [2.24, 2.45) is 5.41 Å². The summed E-state index contributed by atoms with van der Waals surface area (Å²) in [6, 6.07) is 8.02. The Labute approximate surface area is 120 Å². The molecule has 1 aromatic carbocycles. The second-order valence-corrected chi connectivity index (χ2v) is 6.27. The van der Waals surface area contributed by atoms with Crippen LogP contribution in [0.25, 0.3) is 0 Å². The van der Waals surface area contributed by atoms with Gasteiger partial charge in [0, 0.05) is 26.1 Å². The fourth-order valence-electron chi connectivity index (χ4n) is 2.15. The van der Waals surface area contributed by atoms with Crippen LogP contribution in [0.5, 0.6) is 0 Å². The van der Waals surface area contributed by atoms with Crippen LogP contribution in [0.1, 0.15) is 38.9 Å². The van der Waals surface area contributed by atoms with E-state index in [1.54, 1.807) is 12.1 Å². The van der Waals surface area contributed by atoms with Crippen LogP contribution in [-0.4, -0.2) is 29.6 Å². The SMILES string of the molecule is CC(C)(C)CN(CCC#N)CC(O)c1ccc(F)cc1. The molecule has 1 aromatic rings. The van der Waals surface area contributed by atoms with Crippen LogP contribution in [0.3, 0.4) is 0 Å². The third kappa shape index (κ3) is 6.14. The standard InChI is InChI=1S/C16H23FN2O/c1-16(2,3)12-19(10-4-9-18)11-15(20)13-5-7-14(17)8-6-13/h5-8,15,20H,4,10-12H2,1-3H3. The predicted molar refractivity (Wildman–Crippen MR) is 77.5 cm³/mol. The Bertz CT molecular complexity index is 445. The van der Waals surface area contributed by atoms with Crippen LogP contribution in [0.15, 0.2) is 24.3 Å². The Morgan fingerprint density at radius 2 is 1.90 bits per heavy atom. The fraction of sp³-hybridized carbons (Fsp3) is 0.562. The average molecular weight is 278 g/mol. The Kier molecular flexibility index (Phi) is 6.12. The molecule has 1 rings (SSSR count). The number of rotatable bonds is 6. The number of benzene rings is 1. The summed E-state index contributed by atoms with van der Waals surface area (Å²) in [5.74, 6) is -0.308. The molecule has 0 radical (unpaired) electrons. The van der Waals surface area contributed by atoms with E-state index in [1.165, 1.54) is 12.1 Å². The van der Waals surface area contributed by atoms with Gasteiger partial charge in [-0.1, -0.05) is 32.9 Å². The Morgan fingerprint density at radius 1 is 1.30 bits per heavy atom. The van der Waals surface area contributed by atoms with E-state index < -0.39 is 6.10 Å². The molecule has 1 unspecified atom stereocenters. The summed E-state index contributed by atoms with van der Waals surface area (Å²) >= 11 is 0. The van der Waals surface area contributed by atoms with E-state index in [2.05, 4.69) is 31.7 Å². The molecule has 0 saturated heterocycles. The van der Waals surface area contributed by atoms with Crippen molar-refractivity contribution in [1.29, 1.82) is 5.26 Å². The summed E-state index contributed by atoms with van der Waals surface area (Å²) in [5, 5.41) is 18.9. The maximum absolute atomic E-state index is 12.9. The molecule has 110 valence electrons. The molecule has 0 fully saturated rings. The first-order valence-corrected chi connectivity index (χ1v) is 6.84. The zero-order valence-electron chi connectivity index (χ0n) is 12.4. The molecule has 20 heavy (non-hydrogen) atoms. The van der Waals surface area contributed by atoms with Crippen LogP contribution in [-0.2, 0) is 0 Å². The minimum Gasteiger partial charge on any atom is -0.387 e. The summed E-state index contributed by atoms with van der Waals surface area (Å²) in [4.78, 5) is 2.08. The average Bonchev–Trinajstić information content (AvgIpc) is 2.35. The van der Waals surface area contributed by atoms with E-state index in [0.717, 1.165) is 6.54 Å². The first-order valence-electron chi connectivity index (χ1n) is 6.84. The number of nitrogens with zero attached hydrogens (tertiary/aromatic N) is 2. The van der Waals surface area contributed by atoms with Crippen molar-refractivity contribution < 1.29 is 9.50 Å². The van der Waals surface area contributed by atoms with E-state index in [9.17, 15) is 9.50 Å². The van der Waals surface area contributed by atoms with Gasteiger partial charge in [-0.05, 0) is 23.1 Å². The topological polar surface area (TPSA) is 47.3 Å². The maximum atomic E-state index is 12.9. The van der Waals surface area contributed by atoms with Gasteiger partial charge in [-0.2, -0.15) is 5.26 Å². The third-order valence-electron chi connectivity index (χ3n) is 2.92. The number of hydrogen-bond acceptors (Lipinski definition) is 3. The number of hydrogen-bond donors (Lipinski definition) is 1. The van der Waals surface area contributed by atoms with Gasteiger partial charge in [0.05, 0.1) is 12.2 Å². The van der Waals surface area contributed by atoms with Crippen LogP contribution in [0.2, 0.25) is 0 Å². The molecular weight excluding hydrogens is 255 g/mol. The molecule has 0 amide bonds. The van der Waals surface area contributed by atoms with Crippen LogP contribution >= 0.6 is 0 Å². The first kappa shape index (κ1) is 16.6. The molecule has 0 bridgehead atoms. The van der Waals surface area contributed by atoms with Gasteiger partial charge in [-0.3, -0.25) is 4.90 Å². The minimum atomic E-state index is -0.670. The van der Waals surface area contributed by atoms with Crippen LogP contribution < -0.4 is 0 Å². The molecule has 0 heterocycles. The zero-order valence-corrected chi connectivity index (χ0v) is 12.4. The van der Waals surface area contributed by atoms with Gasteiger partial charge in [0.2, 0.25) is 0 Å². The summed E-state index contributed by atoms with van der Waals surface area (Å²) in [6.07, 6.45) is -0.233. The number of nitriles is 1. The lowest BCUT2D eigenvalue weighted by Gasteiger charge is -2.31. The van der Waals surface area contributed by atoms with Crippen molar-refractivity contribution in [2.45, 2.75) is 33.3 Å². The van der Waals surface area contributed by atoms with Gasteiger partial charge in [-0.25, -0.2) is 4.39 Å². The summed E-state index contributed by atoms with van der Waals surface area (Å²) in [5.41, 5.74) is 0.792. The molecule has 4 heteroatoms. The number of aliphatic hydroxyl groups is 1. The Hall–Kier alpha value is -1.44. The van der Waals surface area contributed by atoms with Gasteiger partial charge in [0.15, 0.2) is 0 Å². The Morgan fingerprint density at radius 3 is 2.40 bits per heavy atom. The number of halogens is 1. The predicted octanol–water partition coefficient (Wildman–Crippen LogP) is 3.12. The van der Waals surface area contributed by atoms with E-state index in [4.69, 9.17) is 5.26 Å². The van der Waals surface area contributed by atoms with E-state index >= 15 is 0 Å². The van der Waals surface area contributed by atoms with Crippen molar-refractivity contribution >= 4 is 0 Å². The lowest BCUT2D eigenvalue weighted by atomic mass is 9.95. The second-order valence-electron chi connectivity index (χ2n) is 6.27. The first-order chi connectivity index (χ1) is 9.31. The Balaban J connectivity index is 2.68. The van der Waals surface area contributed by atoms with Gasteiger partial charge in [0.25, 0.3) is 0 Å². The molecule has 0 aliphatic heterocycles. The van der Waals surface area contributed by atoms with E-state index in [1.807, 2.05) is 0 Å². The van der Waals surface area contributed by atoms with E-state index in [0.29, 0.717) is 25.1 Å². The molecule has 0 aromatic heterocycles. The van der Waals surface area contributed by atoms with Crippen molar-refractivity contribution in [3.8, 4) is 6.07 Å². The van der Waals surface area contributed by atoms with E-state index in [-0.39, 0.29) is 11.2 Å². The highest BCUT2D eigenvalue weighted by molar-refractivity contribution is 5.18. The van der Waals surface area contributed by atoms with Crippen LogP contribution in [0, 0.1) is 22.6 Å². The zero-order chi connectivity index (χ0) is 15.2. The molecule has 3 nitrogen and oxygen atoms in total. The normalized spacial score (nSPS) is 13.2. The highest BCUT2D eigenvalue weighted by atomic mass is 19.1. The smallest absolute Gasteiger partial charge is 0.123 e. The minimum absolute atomic E-state index is 0.0952. The molecule has 0 saturated carbocycles. The second kappa shape index (κ2) is 7.37. The summed E-state index contributed by atoms with van der Waals surface area (Å²) in [6.45, 7) is 8.24. The lowest BCUT2D eigenvalue weighted by molar-refractivity contribution is 0.0932. The van der Waals surface area contributed by atoms with Crippen molar-refractivity contribution in [3.05, 3.63) is 35.6 Å². The van der Waals surface area contributed by atoms with Crippen LogP contribution in [0.4, 0.5) is 4.39 Å². The maximum Gasteiger partial charge on any atom is 0.123 e. The highest BCUT2D eigenvalue weighted by Crippen LogP contribution is 2.19. The summed E-state index contributed by atoms with van der Waals surface area (Å²) < 4.78 is 12.9. The fourth-order valence-corrected chi connectivity index (χ4v) is 2.15. The number of aliphatic hydroxyl groups excluding tert-OH is 1. The van der Waals surface area contributed by atoms with Gasteiger partial charge >= 0.3 is 0 Å². The van der Waals surface area contributed by atoms with Gasteiger partial charge in [-0.15, -0.1) is 0 Å². The monoisotopic (exact) mass is 278 g/mol. The summed E-state index contributed by atoms with van der Waals surface area (Å²) in [7, 11) is 0. The molecule has 0 aliphatic rings. The van der Waals surface area contributed by atoms with Crippen molar-refractivity contribution in [3.63, 3.8) is 0 Å². The van der Waals surface area contributed by atoms with Crippen molar-refractivity contribution in [1.82, 2.24) is 4.90 Å². The van der Waals surface area contributed by atoms with Gasteiger partial charge < -0.3 is 5.11 Å². The van der Waals surface area contributed by atoms with Gasteiger partial charge in [0.1, 0.15) is 5.82 Å². The molecule has 1 atom stereocenters. The molecule has 1 N–H and O–H groups in total. The lowest BCUT2D eigenvalue weighted by Crippen LogP contribution is -2.36.